The van der Waals surface area contributed by atoms with Gasteiger partial charge in [-0.25, -0.2) is 4.79 Å². The van der Waals surface area contributed by atoms with Crippen LogP contribution in [0.15, 0.2) is 112 Å². The number of hydrogen-bond donors (Lipinski definition) is 0. The molecular formula is C32H30NO3S+. The summed E-state index contributed by atoms with van der Waals surface area (Å²) in [5, 5.41) is 0. The van der Waals surface area contributed by atoms with Crippen LogP contribution in [0.25, 0.3) is 0 Å². The van der Waals surface area contributed by atoms with E-state index in [0.29, 0.717) is 5.75 Å². The van der Waals surface area contributed by atoms with E-state index in [0.717, 1.165) is 16.7 Å². The van der Waals surface area contributed by atoms with E-state index in [1.165, 1.54) is 14.7 Å². The van der Waals surface area contributed by atoms with Gasteiger partial charge in [0.15, 0.2) is 26.9 Å². The summed E-state index contributed by atoms with van der Waals surface area (Å²) in [6, 6.07) is 29.0. The van der Waals surface area contributed by atoms with E-state index >= 15 is 0 Å². The summed E-state index contributed by atoms with van der Waals surface area (Å²) in [6.07, 6.45) is 3.35. The van der Waals surface area contributed by atoms with E-state index in [1.54, 1.807) is 26.2 Å². The summed E-state index contributed by atoms with van der Waals surface area (Å²) >= 11 is 0. The number of hydrogen-bond acceptors (Lipinski definition) is 4. The number of carbonyl (C=O) groups excluding carboxylic acids is 1. The number of aromatic nitrogens is 1. The Hall–Kier alpha value is -4.01. The maximum Gasteiger partial charge on any atom is 0.345 e. The highest BCUT2D eigenvalue weighted by atomic mass is 32.2. The minimum atomic E-state index is -0.947. The fraction of sp³-hybridized carbons (Fsp3) is 0.188. The molecule has 5 heteroatoms. The van der Waals surface area contributed by atoms with E-state index in [4.69, 9.17) is 9.47 Å². The van der Waals surface area contributed by atoms with Crippen LogP contribution < -0.4 is 4.74 Å². The van der Waals surface area contributed by atoms with Crippen LogP contribution in [0, 0.1) is 25.7 Å². The van der Waals surface area contributed by atoms with Crippen LogP contribution in [0.2, 0.25) is 0 Å². The van der Waals surface area contributed by atoms with Gasteiger partial charge in [-0.05, 0) is 75.2 Å². The molecule has 37 heavy (non-hydrogen) atoms. The Bertz CT molecular complexity index is 1350. The van der Waals surface area contributed by atoms with Gasteiger partial charge < -0.3 is 9.47 Å². The molecule has 186 valence electrons. The van der Waals surface area contributed by atoms with Crippen molar-refractivity contribution < 1.29 is 14.3 Å². The van der Waals surface area contributed by atoms with Crippen molar-refractivity contribution in [1.82, 2.24) is 4.98 Å². The molecule has 0 saturated carbocycles. The standard InChI is InChI=1S/C32H30NO3S/c1-24-21-29(37(27-11-7-5-8-12-27)28-13-9-6-10-14-28)22-25(2)31(24)35-23-30(34)36-32(3,4)18-15-26-16-19-33-20-17-26/h5-14,16-17,19-22H,23H2,1-4H3/q+1. The SMILES string of the molecule is Cc1cc([S+](c2ccccc2)c2ccccc2)cc(C)c1OCC(=O)OC(C)(C)C#Cc1ccncc1. The number of rotatable bonds is 7. The molecular weight excluding hydrogens is 478 g/mol. The Morgan fingerprint density at radius 3 is 1.92 bits per heavy atom. The lowest BCUT2D eigenvalue weighted by molar-refractivity contribution is -0.154. The zero-order valence-corrected chi connectivity index (χ0v) is 22.3. The first kappa shape index (κ1) is 26.1. The summed E-state index contributed by atoms with van der Waals surface area (Å²) < 4.78 is 11.5. The van der Waals surface area contributed by atoms with Crippen molar-refractivity contribution in [2.24, 2.45) is 0 Å². The summed E-state index contributed by atoms with van der Waals surface area (Å²) in [5.74, 6) is 6.25. The van der Waals surface area contributed by atoms with Gasteiger partial charge in [-0.2, -0.15) is 0 Å². The maximum absolute atomic E-state index is 12.6. The van der Waals surface area contributed by atoms with Crippen LogP contribution in [0.1, 0.15) is 30.5 Å². The smallest absolute Gasteiger partial charge is 0.345 e. The lowest BCUT2D eigenvalue weighted by atomic mass is 10.1. The molecule has 0 spiro atoms. The van der Waals surface area contributed by atoms with Crippen molar-refractivity contribution in [3.8, 4) is 17.6 Å². The van der Waals surface area contributed by atoms with Gasteiger partial charge in [0.05, 0.1) is 10.9 Å². The number of carbonyl (C=O) groups is 1. The summed E-state index contributed by atoms with van der Waals surface area (Å²) in [7, 11) is -0.254. The molecule has 0 aliphatic heterocycles. The molecule has 0 N–H and O–H groups in total. The molecule has 4 nitrogen and oxygen atoms in total. The molecule has 1 heterocycles. The fourth-order valence-electron chi connectivity index (χ4n) is 3.91. The van der Waals surface area contributed by atoms with Crippen molar-refractivity contribution in [3.05, 3.63) is 114 Å². The van der Waals surface area contributed by atoms with Crippen LogP contribution in [0.3, 0.4) is 0 Å². The number of nitrogens with zero attached hydrogens (tertiary/aromatic N) is 1. The molecule has 0 bridgehead atoms. The highest BCUT2D eigenvalue weighted by molar-refractivity contribution is 7.97. The minimum Gasteiger partial charge on any atom is -0.481 e. The number of ether oxygens (including phenoxy) is 2. The second-order valence-corrected chi connectivity index (χ2v) is 11.1. The lowest BCUT2D eigenvalue weighted by Crippen LogP contribution is -2.29. The van der Waals surface area contributed by atoms with Crippen LogP contribution in [0.5, 0.6) is 5.75 Å². The largest absolute Gasteiger partial charge is 0.481 e. The summed E-state index contributed by atoms with van der Waals surface area (Å²) in [5.41, 5.74) is 1.82. The van der Waals surface area contributed by atoms with E-state index in [9.17, 15) is 4.79 Å². The predicted molar refractivity (Wildman–Crippen MR) is 148 cm³/mol. The predicted octanol–water partition coefficient (Wildman–Crippen LogP) is 6.55. The second kappa shape index (κ2) is 11.8. The van der Waals surface area contributed by atoms with Crippen molar-refractivity contribution in [3.63, 3.8) is 0 Å². The molecule has 0 radical (unpaired) electrons. The summed E-state index contributed by atoms with van der Waals surface area (Å²) in [6.45, 7) is 7.36. The van der Waals surface area contributed by atoms with Crippen LogP contribution in [0.4, 0.5) is 0 Å². The Kier molecular flexibility index (Phi) is 8.32. The quantitative estimate of drug-likeness (QED) is 0.161. The topological polar surface area (TPSA) is 48.4 Å². The van der Waals surface area contributed by atoms with Gasteiger partial charge in [-0.3, -0.25) is 4.98 Å². The average Bonchev–Trinajstić information content (AvgIpc) is 2.89. The van der Waals surface area contributed by atoms with E-state index < -0.39 is 11.6 Å². The highest BCUT2D eigenvalue weighted by Gasteiger charge is 2.30. The molecule has 3 aromatic carbocycles. The maximum atomic E-state index is 12.6. The first-order chi connectivity index (χ1) is 17.8. The van der Waals surface area contributed by atoms with Gasteiger partial charge in [0.2, 0.25) is 0 Å². The van der Waals surface area contributed by atoms with E-state index in [2.05, 4.69) is 77.5 Å². The summed E-state index contributed by atoms with van der Waals surface area (Å²) in [4.78, 5) is 20.3. The first-order valence-corrected chi connectivity index (χ1v) is 13.3. The number of pyridine rings is 1. The molecule has 0 aliphatic rings. The van der Waals surface area contributed by atoms with Crippen molar-refractivity contribution in [2.75, 3.05) is 6.61 Å². The molecule has 0 unspecified atom stereocenters. The van der Waals surface area contributed by atoms with Gasteiger partial charge in [0, 0.05) is 30.1 Å². The molecule has 1 aromatic heterocycles. The van der Waals surface area contributed by atoms with Gasteiger partial charge in [-0.15, -0.1) is 0 Å². The highest BCUT2D eigenvalue weighted by Crippen LogP contribution is 2.35. The van der Waals surface area contributed by atoms with E-state index in [1.807, 2.05) is 38.1 Å². The minimum absolute atomic E-state index is 0.190. The third kappa shape index (κ3) is 7.03. The van der Waals surface area contributed by atoms with E-state index in [-0.39, 0.29) is 17.5 Å². The van der Waals surface area contributed by atoms with Crippen molar-refractivity contribution >= 4 is 16.9 Å². The zero-order valence-electron chi connectivity index (χ0n) is 21.5. The fourth-order valence-corrected chi connectivity index (χ4v) is 6.17. The van der Waals surface area contributed by atoms with Crippen LogP contribution in [-0.2, 0) is 20.4 Å². The third-order valence-corrected chi connectivity index (χ3v) is 7.71. The van der Waals surface area contributed by atoms with Gasteiger partial charge in [0.25, 0.3) is 0 Å². The number of benzene rings is 3. The average molecular weight is 509 g/mol. The molecule has 0 saturated heterocycles. The van der Waals surface area contributed by atoms with Crippen molar-refractivity contribution in [1.29, 1.82) is 0 Å². The van der Waals surface area contributed by atoms with Gasteiger partial charge in [-0.1, -0.05) is 48.2 Å². The molecule has 4 rings (SSSR count). The molecule has 4 aromatic rings. The van der Waals surface area contributed by atoms with Crippen LogP contribution in [-0.4, -0.2) is 23.2 Å². The zero-order chi connectivity index (χ0) is 26.3. The Balaban J connectivity index is 1.49. The third-order valence-electron chi connectivity index (χ3n) is 5.52. The molecule has 0 amide bonds. The van der Waals surface area contributed by atoms with Crippen LogP contribution >= 0.6 is 0 Å². The molecule has 0 fully saturated rings. The van der Waals surface area contributed by atoms with Gasteiger partial charge >= 0.3 is 5.97 Å². The molecule has 0 atom stereocenters. The molecule has 0 aliphatic carbocycles. The Morgan fingerprint density at radius 1 is 0.838 bits per heavy atom. The second-order valence-electron chi connectivity index (χ2n) is 9.08. The normalized spacial score (nSPS) is 10.9. The Morgan fingerprint density at radius 2 is 1.38 bits per heavy atom. The lowest BCUT2D eigenvalue weighted by Gasteiger charge is -2.19. The Labute approximate surface area is 222 Å². The monoisotopic (exact) mass is 508 g/mol. The number of esters is 1. The number of aryl methyl sites for hydroxylation is 2. The first-order valence-electron chi connectivity index (χ1n) is 12.1. The van der Waals surface area contributed by atoms with Gasteiger partial charge in [0.1, 0.15) is 5.75 Å². The van der Waals surface area contributed by atoms with Crippen molar-refractivity contribution in [2.45, 2.75) is 48.0 Å².